The number of allylic oxidation sites excluding steroid dienone is 14. The third-order valence-corrected chi connectivity index (χ3v) is 13.3. The van der Waals surface area contributed by atoms with Crippen molar-refractivity contribution in [2.24, 2.45) is 0 Å². The zero-order valence-electron chi connectivity index (χ0n) is 46.2. The van der Waals surface area contributed by atoms with Gasteiger partial charge in [0.1, 0.15) is 30.5 Å². The van der Waals surface area contributed by atoms with Gasteiger partial charge in [-0.25, -0.2) is 0 Å². The molecule has 9 nitrogen and oxygen atoms in total. The van der Waals surface area contributed by atoms with Gasteiger partial charge < -0.3 is 39.4 Å². The lowest BCUT2D eigenvalue weighted by Gasteiger charge is -2.39. The zero-order chi connectivity index (χ0) is 52.1. The minimum Gasteiger partial charge on any atom is -0.457 e. The van der Waals surface area contributed by atoms with E-state index < -0.39 is 43.4 Å². The van der Waals surface area contributed by atoms with Crippen LogP contribution in [0.3, 0.4) is 0 Å². The van der Waals surface area contributed by atoms with Gasteiger partial charge in [0, 0.05) is 13.0 Å². The number of hydrogen-bond donors (Lipinski definition) is 4. The normalized spacial score (nSPS) is 19.3. The van der Waals surface area contributed by atoms with Gasteiger partial charge in [0.05, 0.1) is 19.8 Å². The van der Waals surface area contributed by atoms with Crippen molar-refractivity contribution < 1.29 is 44.2 Å². The molecule has 0 aromatic heterocycles. The number of ether oxygens (including phenoxy) is 4. The topological polar surface area (TPSA) is 135 Å². The first-order valence-electron chi connectivity index (χ1n) is 29.7. The summed E-state index contributed by atoms with van der Waals surface area (Å²) in [5.41, 5.74) is 0. The van der Waals surface area contributed by atoms with Gasteiger partial charge in [0.15, 0.2) is 6.29 Å². The SMILES string of the molecule is CC/C=C\C/C=C\C/C=C\C/C=C\C/C=C\C/C=C\C/C=C\CCCCOCC(COC1OC(CO)C(O)C(O)C1O)OC(=O)CCCCCCCCCCCCCCCCCCCCCCCCCCC. The van der Waals surface area contributed by atoms with Gasteiger partial charge >= 0.3 is 5.97 Å². The van der Waals surface area contributed by atoms with Crippen molar-refractivity contribution in [1.29, 1.82) is 0 Å². The Bertz CT molecular complexity index is 1380. The second-order valence-electron chi connectivity index (χ2n) is 20.1. The lowest BCUT2D eigenvalue weighted by molar-refractivity contribution is -0.305. The number of carbonyl (C=O) groups is 1. The van der Waals surface area contributed by atoms with E-state index in [1.165, 1.54) is 141 Å². The van der Waals surface area contributed by atoms with Crippen LogP contribution in [0, 0.1) is 0 Å². The van der Waals surface area contributed by atoms with E-state index >= 15 is 0 Å². The summed E-state index contributed by atoms with van der Waals surface area (Å²) in [7, 11) is 0. The predicted molar refractivity (Wildman–Crippen MR) is 302 cm³/mol. The van der Waals surface area contributed by atoms with Crippen LogP contribution in [0.5, 0.6) is 0 Å². The monoisotopic (exact) mass is 1010 g/mol. The molecule has 1 heterocycles. The van der Waals surface area contributed by atoms with Gasteiger partial charge in [0.25, 0.3) is 0 Å². The molecule has 0 aromatic rings. The zero-order valence-corrected chi connectivity index (χ0v) is 46.2. The van der Waals surface area contributed by atoms with Gasteiger partial charge in [-0.3, -0.25) is 4.79 Å². The number of aliphatic hydroxyl groups excluding tert-OH is 4. The van der Waals surface area contributed by atoms with Crippen LogP contribution in [-0.2, 0) is 23.7 Å². The molecular formula is C63H110O9. The first-order chi connectivity index (χ1) is 35.4. The van der Waals surface area contributed by atoms with E-state index in [1.807, 2.05) is 0 Å². The fourth-order valence-corrected chi connectivity index (χ4v) is 8.77. The van der Waals surface area contributed by atoms with Crippen LogP contribution in [0.25, 0.3) is 0 Å². The highest BCUT2D eigenvalue weighted by atomic mass is 16.7. The second-order valence-corrected chi connectivity index (χ2v) is 20.1. The summed E-state index contributed by atoms with van der Waals surface area (Å²) in [5.74, 6) is -0.327. The number of aliphatic hydroxyl groups is 4. The number of carbonyl (C=O) groups excluding carboxylic acids is 1. The van der Waals surface area contributed by atoms with Crippen molar-refractivity contribution in [3.63, 3.8) is 0 Å². The fraction of sp³-hybridized carbons (Fsp3) is 0.762. The van der Waals surface area contributed by atoms with Crippen LogP contribution >= 0.6 is 0 Å². The molecule has 1 fully saturated rings. The van der Waals surface area contributed by atoms with E-state index in [0.29, 0.717) is 13.0 Å². The quantitative estimate of drug-likeness (QED) is 0.0267. The molecule has 0 spiro atoms. The van der Waals surface area contributed by atoms with Crippen molar-refractivity contribution in [3.05, 3.63) is 85.1 Å². The van der Waals surface area contributed by atoms with Crippen LogP contribution in [0.4, 0.5) is 0 Å². The Hall–Kier alpha value is -2.63. The highest BCUT2D eigenvalue weighted by molar-refractivity contribution is 5.69. The lowest BCUT2D eigenvalue weighted by atomic mass is 9.99. The third kappa shape index (κ3) is 42.7. The number of unbranched alkanes of at least 4 members (excludes halogenated alkanes) is 26. The maximum atomic E-state index is 12.9. The molecule has 1 rings (SSSR count). The van der Waals surface area contributed by atoms with Crippen molar-refractivity contribution in [1.82, 2.24) is 0 Å². The largest absolute Gasteiger partial charge is 0.457 e. The Morgan fingerprint density at radius 2 is 0.847 bits per heavy atom. The molecule has 0 amide bonds. The van der Waals surface area contributed by atoms with E-state index in [-0.39, 0.29) is 19.2 Å². The van der Waals surface area contributed by atoms with E-state index in [0.717, 1.165) is 83.5 Å². The van der Waals surface area contributed by atoms with Gasteiger partial charge in [-0.05, 0) is 70.6 Å². The smallest absolute Gasteiger partial charge is 0.306 e. The highest BCUT2D eigenvalue weighted by Gasteiger charge is 2.44. The summed E-state index contributed by atoms with van der Waals surface area (Å²) in [6.07, 6.45) is 66.4. The molecule has 416 valence electrons. The lowest BCUT2D eigenvalue weighted by Crippen LogP contribution is -2.59. The van der Waals surface area contributed by atoms with E-state index in [9.17, 15) is 25.2 Å². The summed E-state index contributed by atoms with van der Waals surface area (Å²) in [6, 6.07) is 0. The molecule has 0 radical (unpaired) electrons. The average Bonchev–Trinajstić information content (AvgIpc) is 3.38. The fourth-order valence-electron chi connectivity index (χ4n) is 8.77. The molecule has 0 bridgehead atoms. The minimum absolute atomic E-state index is 0.112. The molecule has 0 aliphatic carbocycles. The van der Waals surface area contributed by atoms with Crippen molar-refractivity contribution in [3.8, 4) is 0 Å². The molecule has 1 saturated heterocycles. The van der Waals surface area contributed by atoms with Gasteiger partial charge in [-0.1, -0.05) is 253 Å². The van der Waals surface area contributed by atoms with Gasteiger partial charge in [0.2, 0.25) is 0 Å². The number of hydrogen-bond acceptors (Lipinski definition) is 9. The first-order valence-corrected chi connectivity index (χ1v) is 29.7. The number of esters is 1. The summed E-state index contributed by atoms with van der Waals surface area (Å²) < 4.78 is 22.9. The van der Waals surface area contributed by atoms with Gasteiger partial charge in [-0.15, -0.1) is 0 Å². The summed E-state index contributed by atoms with van der Waals surface area (Å²) in [5, 5.41) is 40.4. The van der Waals surface area contributed by atoms with Crippen molar-refractivity contribution >= 4 is 5.97 Å². The minimum atomic E-state index is -1.55. The first kappa shape index (κ1) is 67.4. The summed E-state index contributed by atoms with van der Waals surface area (Å²) in [6.45, 7) is 4.36. The molecule has 1 aliphatic rings. The summed E-state index contributed by atoms with van der Waals surface area (Å²) in [4.78, 5) is 12.9. The summed E-state index contributed by atoms with van der Waals surface area (Å²) >= 11 is 0. The molecule has 6 atom stereocenters. The Balaban J connectivity index is 2.18. The third-order valence-electron chi connectivity index (χ3n) is 13.3. The molecule has 0 saturated carbocycles. The van der Waals surface area contributed by atoms with Crippen LogP contribution in [0.2, 0.25) is 0 Å². The van der Waals surface area contributed by atoms with Crippen LogP contribution in [0.15, 0.2) is 85.1 Å². The van der Waals surface area contributed by atoms with E-state index in [2.05, 4.69) is 98.9 Å². The maximum absolute atomic E-state index is 12.9. The Kier molecular flexibility index (Phi) is 49.8. The Morgan fingerprint density at radius 1 is 0.458 bits per heavy atom. The van der Waals surface area contributed by atoms with Crippen molar-refractivity contribution in [2.45, 2.75) is 282 Å². The maximum Gasteiger partial charge on any atom is 0.306 e. The van der Waals surface area contributed by atoms with E-state index in [1.54, 1.807) is 0 Å². The van der Waals surface area contributed by atoms with Gasteiger partial charge in [-0.2, -0.15) is 0 Å². The Labute approximate surface area is 441 Å². The van der Waals surface area contributed by atoms with E-state index in [4.69, 9.17) is 18.9 Å². The molecule has 0 aromatic carbocycles. The van der Waals surface area contributed by atoms with Crippen LogP contribution in [-0.4, -0.2) is 89.6 Å². The Morgan fingerprint density at radius 3 is 1.25 bits per heavy atom. The molecule has 1 aliphatic heterocycles. The number of rotatable bonds is 51. The van der Waals surface area contributed by atoms with Crippen molar-refractivity contribution in [2.75, 3.05) is 26.4 Å². The molecule has 72 heavy (non-hydrogen) atoms. The van der Waals surface area contributed by atoms with Crippen LogP contribution in [0.1, 0.15) is 245 Å². The molecule has 6 unspecified atom stereocenters. The standard InChI is InChI=1S/C63H110O9/c1-3-5-7-9-11-13-15-17-19-21-23-25-27-29-30-32-34-36-38-40-42-44-46-48-50-52-59(65)71-57(56-70-63-62(68)61(67)60(66)58(54-64)72-63)55-69-53-51-49-47-45-43-41-39-37-35-33-31-28-26-24-22-20-18-16-14-12-10-8-6-4-2/h6,8,12,14,18,20,24,26,31,33,37,39,43,45,57-58,60-64,66-68H,3-5,7,9-11,13,15-17,19,21-23,25,27-30,32,34-36,38,40-42,44,46-56H2,1-2H3/b8-6-,14-12-,20-18-,26-24-,33-31-,39-37-,45-43-. The average molecular weight is 1010 g/mol. The second kappa shape index (κ2) is 53.2. The predicted octanol–water partition coefficient (Wildman–Crippen LogP) is 15.7. The van der Waals surface area contributed by atoms with Crippen LogP contribution < -0.4 is 0 Å². The highest BCUT2D eigenvalue weighted by Crippen LogP contribution is 2.23. The molecule has 4 N–H and O–H groups in total. The molecule has 9 heteroatoms. The molecular weight excluding hydrogens is 901 g/mol.